The van der Waals surface area contributed by atoms with Crippen molar-refractivity contribution in [3.8, 4) is 0 Å². The number of carbonyl (C=O) groups excluding carboxylic acids is 1. The maximum absolute atomic E-state index is 12.2. The number of hydrogen-bond donors (Lipinski definition) is 0. The fourth-order valence-electron chi connectivity index (χ4n) is 1.08. The van der Waals surface area contributed by atoms with Crippen molar-refractivity contribution in [1.29, 1.82) is 0 Å². The van der Waals surface area contributed by atoms with Crippen LogP contribution in [0.15, 0.2) is 22.6 Å². The molecule has 0 N–H and O–H groups in total. The number of unbranched alkanes of at least 4 members (excludes halogenated alkanes) is 1. The number of carboxylic acid groups (broad SMARTS) is 1. The first kappa shape index (κ1) is 11.5. The molecule has 2 rings (SSSR count). The van der Waals surface area contributed by atoms with E-state index in [-0.39, 0.29) is 12.2 Å². The Morgan fingerprint density at radius 1 is 1.53 bits per heavy atom. The molecule has 2 aromatic rings. The van der Waals surface area contributed by atoms with Crippen molar-refractivity contribution < 1.29 is 18.7 Å². The Labute approximate surface area is 86.8 Å². The molecule has 0 atom stereocenters. The van der Waals surface area contributed by atoms with Crippen LogP contribution in [0.5, 0.6) is 0 Å². The van der Waals surface area contributed by atoms with Gasteiger partial charge in [-0.05, 0) is 25.0 Å². The Balaban J connectivity index is 0.000000153. The summed E-state index contributed by atoms with van der Waals surface area (Å²) in [5.74, 6) is -1.20. The van der Waals surface area contributed by atoms with Crippen LogP contribution in [0.1, 0.15) is 26.2 Å². The van der Waals surface area contributed by atoms with E-state index in [1.807, 2.05) is 6.92 Å². The Morgan fingerprint density at radius 3 is 2.47 bits per heavy atom. The average molecular weight is 211 g/mol. The van der Waals surface area contributed by atoms with E-state index < -0.39 is 5.97 Å². The van der Waals surface area contributed by atoms with Gasteiger partial charge in [-0.15, -0.1) is 0 Å². The second kappa shape index (κ2) is 5.34. The summed E-state index contributed by atoms with van der Waals surface area (Å²) in [7, 11) is 0. The fraction of sp³-hybridized carbons (Fsp3) is 0.364. The maximum atomic E-state index is 12.2. The van der Waals surface area contributed by atoms with Gasteiger partial charge in [0, 0.05) is 12.0 Å². The minimum atomic E-state index is -0.943. The number of aliphatic carboxylic acids is 1. The molecule has 0 aliphatic rings. The van der Waals surface area contributed by atoms with Crippen LogP contribution in [-0.2, 0) is 4.79 Å². The quantitative estimate of drug-likeness (QED) is 0.779. The van der Waals surface area contributed by atoms with Crippen LogP contribution < -0.4 is 5.11 Å². The predicted molar refractivity (Wildman–Crippen MR) is 51.9 cm³/mol. The van der Waals surface area contributed by atoms with Gasteiger partial charge in [0.2, 0.25) is 0 Å². The minimum Gasteiger partial charge on any atom is -0.550 e. The third-order valence-electron chi connectivity index (χ3n) is 1.87. The normalized spacial score (nSPS) is 10.0. The van der Waals surface area contributed by atoms with Gasteiger partial charge in [0.25, 0.3) is 0 Å². The van der Waals surface area contributed by atoms with Crippen LogP contribution >= 0.6 is 0 Å². The molecule has 2 heterocycles. The molecule has 0 aliphatic carbocycles. The molecule has 3 nitrogen and oxygen atoms in total. The molecule has 4 heteroatoms. The van der Waals surface area contributed by atoms with E-state index in [4.69, 9.17) is 4.42 Å². The number of benzene rings is 1. The highest BCUT2D eigenvalue weighted by Gasteiger charge is 2.03. The average Bonchev–Trinajstić information content (AvgIpc) is 2.76. The van der Waals surface area contributed by atoms with E-state index in [0.717, 1.165) is 12.8 Å². The van der Waals surface area contributed by atoms with Gasteiger partial charge in [-0.2, -0.15) is 0 Å². The van der Waals surface area contributed by atoms with E-state index in [0.29, 0.717) is 11.2 Å². The summed E-state index contributed by atoms with van der Waals surface area (Å²) in [4.78, 5) is 9.65. The van der Waals surface area contributed by atoms with Crippen LogP contribution in [-0.4, -0.2) is 5.97 Å². The van der Waals surface area contributed by atoms with Crippen molar-refractivity contribution in [2.24, 2.45) is 0 Å². The van der Waals surface area contributed by atoms with Crippen LogP contribution in [0.3, 0.4) is 0 Å². The molecule has 0 aliphatic heterocycles. The summed E-state index contributed by atoms with van der Waals surface area (Å²) in [5.41, 5.74) is 0.956. The number of fused-ring (bicyclic) bond motifs is 2. The highest BCUT2D eigenvalue weighted by molar-refractivity contribution is 5.64. The molecule has 0 saturated carbocycles. The molecule has 0 fully saturated rings. The summed E-state index contributed by atoms with van der Waals surface area (Å²) in [5, 5.41) is 9.65. The molecule has 82 valence electrons. The summed E-state index contributed by atoms with van der Waals surface area (Å²) in [6.07, 6.45) is 1.87. The largest absolute Gasteiger partial charge is 0.550 e. The molecule has 0 unspecified atom stereocenters. The zero-order valence-corrected chi connectivity index (χ0v) is 8.46. The lowest BCUT2D eigenvalue weighted by Crippen LogP contribution is -2.21. The number of halogens is 1. The number of rotatable bonds is 3. The first-order valence-electron chi connectivity index (χ1n) is 4.80. The second-order valence-corrected chi connectivity index (χ2v) is 3.17. The van der Waals surface area contributed by atoms with Crippen LogP contribution in [0.2, 0.25) is 0 Å². The summed E-state index contributed by atoms with van der Waals surface area (Å²) in [6.45, 7) is 1.95. The zero-order chi connectivity index (χ0) is 11.3. The Morgan fingerprint density at radius 2 is 2.27 bits per heavy atom. The molecular weight excluding hydrogens is 199 g/mol. The summed E-state index contributed by atoms with van der Waals surface area (Å²) < 4.78 is 17.1. The molecule has 2 bridgehead atoms. The van der Waals surface area contributed by atoms with E-state index in [1.165, 1.54) is 6.07 Å². The van der Waals surface area contributed by atoms with Gasteiger partial charge in [-0.25, -0.2) is 4.39 Å². The lowest BCUT2D eigenvalue weighted by Gasteiger charge is -1.95. The van der Waals surface area contributed by atoms with Gasteiger partial charge in [0.1, 0.15) is 5.58 Å². The first-order valence-corrected chi connectivity index (χ1v) is 4.80. The third kappa shape index (κ3) is 3.58. The Hall–Kier alpha value is -1.58. The summed E-state index contributed by atoms with van der Waals surface area (Å²) >= 11 is 0. The SMILES string of the molecule is CCCCC(=O)[O-].Fc1cc2ccc1o2. The maximum Gasteiger partial charge on any atom is 0.169 e. The number of hydrogen-bond acceptors (Lipinski definition) is 3. The van der Waals surface area contributed by atoms with Gasteiger partial charge in [0.15, 0.2) is 11.4 Å². The molecule has 0 amide bonds. The monoisotopic (exact) mass is 211 g/mol. The standard InChI is InChI=1S/C6H3FO.C5H10O2/c7-5-3-4-1-2-6(5)8-4;1-2-3-4-5(6)7/h1-3H;2-4H2,1H3,(H,6,7)/p-1. The second-order valence-electron chi connectivity index (χ2n) is 3.17. The molecular formula is C11H12FO3-. The lowest BCUT2D eigenvalue weighted by atomic mass is 10.3. The number of carboxylic acids is 1. The third-order valence-corrected chi connectivity index (χ3v) is 1.87. The smallest absolute Gasteiger partial charge is 0.169 e. The summed E-state index contributed by atoms with van der Waals surface area (Å²) in [6, 6.07) is 4.72. The molecule has 0 saturated heterocycles. The molecule has 0 radical (unpaired) electrons. The number of carbonyl (C=O) groups is 1. The highest BCUT2D eigenvalue weighted by atomic mass is 19.1. The van der Waals surface area contributed by atoms with Crippen molar-refractivity contribution in [2.45, 2.75) is 26.2 Å². The van der Waals surface area contributed by atoms with Crippen LogP contribution in [0.25, 0.3) is 11.2 Å². The first-order chi connectivity index (χ1) is 7.13. The van der Waals surface area contributed by atoms with Crippen LogP contribution in [0, 0.1) is 5.82 Å². The number of furan rings is 2. The van der Waals surface area contributed by atoms with Crippen molar-refractivity contribution in [3.63, 3.8) is 0 Å². The van der Waals surface area contributed by atoms with Crippen molar-refractivity contribution in [3.05, 3.63) is 24.0 Å². The Bertz CT molecular complexity index is 408. The minimum absolute atomic E-state index is 0.205. The predicted octanol–water partition coefficient (Wildman–Crippen LogP) is 1.94. The van der Waals surface area contributed by atoms with E-state index in [2.05, 4.69) is 0 Å². The molecule has 2 aromatic heterocycles. The van der Waals surface area contributed by atoms with Gasteiger partial charge >= 0.3 is 0 Å². The highest BCUT2D eigenvalue weighted by Crippen LogP contribution is 2.19. The molecule has 15 heavy (non-hydrogen) atoms. The molecule has 0 aromatic carbocycles. The topological polar surface area (TPSA) is 53.3 Å². The van der Waals surface area contributed by atoms with E-state index in [1.54, 1.807) is 12.1 Å². The lowest BCUT2D eigenvalue weighted by molar-refractivity contribution is -0.305. The van der Waals surface area contributed by atoms with E-state index in [9.17, 15) is 14.3 Å². The van der Waals surface area contributed by atoms with Gasteiger partial charge in [0.05, 0.1) is 0 Å². The van der Waals surface area contributed by atoms with Crippen LogP contribution in [0.4, 0.5) is 4.39 Å². The fourth-order valence-corrected chi connectivity index (χ4v) is 1.08. The van der Waals surface area contributed by atoms with Gasteiger partial charge in [-0.3, -0.25) is 0 Å². The van der Waals surface area contributed by atoms with Crippen molar-refractivity contribution >= 4 is 17.1 Å². The zero-order valence-electron chi connectivity index (χ0n) is 8.46. The van der Waals surface area contributed by atoms with Gasteiger partial charge < -0.3 is 14.3 Å². The van der Waals surface area contributed by atoms with Crippen molar-refractivity contribution in [2.75, 3.05) is 0 Å². The molecule has 0 spiro atoms. The van der Waals surface area contributed by atoms with E-state index >= 15 is 0 Å². The van der Waals surface area contributed by atoms with Crippen molar-refractivity contribution in [1.82, 2.24) is 0 Å². The Kier molecular flexibility index (Phi) is 4.09. The van der Waals surface area contributed by atoms with Gasteiger partial charge in [-0.1, -0.05) is 13.3 Å².